The quantitative estimate of drug-likeness (QED) is 0.692. The van der Waals surface area contributed by atoms with Gasteiger partial charge in [0.25, 0.3) is 5.91 Å². The molecular weight excluding hydrogens is 410 g/mol. The fraction of sp³-hybridized carbons (Fsp3) is 0.526. The zero-order chi connectivity index (χ0) is 22.9. The van der Waals surface area contributed by atoms with Gasteiger partial charge in [0.05, 0.1) is 0 Å². The minimum absolute atomic E-state index is 0.0247. The molecule has 0 radical (unpaired) electrons. The van der Waals surface area contributed by atoms with Gasteiger partial charge in [-0.3, -0.25) is 9.59 Å². The number of nitrogens with one attached hydrogen (secondary N) is 1. The number of hydrogen-bond acceptors (Lipinski definition) is 4. The van der Waals surface area contributed by atoms with Crippen molar-refractivity contribution < 1.29 is 37.1 Å². The predicted molar refractivity (Wildman–Crippen MR) is 100 cm³/mol. The summed E-state index contributed by atoms with van der Waals surface area (Å²) >= 11 is 0. The molecule has 0 aromatic heterocycles. The minimum Gasteiger partial charge on any atom is -0.475 e. The predicted octanol–water partition coefficient (Wildman–Crippen LogP) is 2.13. The van der Waals surface area contributed by atoms with Gasteiger partial charge >= 0.3 is 12.1 Å². The first kappa shape index (κ1) is 25.3. The Morgan fingerprint density at radius 2 is 1.63 bits per heavy atom. The van der Waals surface area contributed by atoms with E-state index in [1.54, 1.807) is 4.90 Å². The number of carbonyl (C=O) groups is 3. The zero-order valence-electron chi connectivity index (χ0n) is 16.7. The molecule has 1 heterocycles. The zero-order valence-corrected chi connectivity index (χ0v) is 16.7. The lowest BCUT2D eigenvalue weighted by Gasteiger charge is -2.30. The van der Waals surface area contributed by atoms with Crippen molar-refractivity contribution in [2.45, 2.75) is 32.5 Å². The third-order valence-electron chi connectivity index (χ3n) is 4.25. The van der Waals surface area contributed by atoms with Gasteiger partial charge in [-0.05, 0) is 38.1 Å². The SMILES string of the molecule is CC(C)N(CCC(=O)N1CCNCC1)C(=O)c1ccc(F)cc1.O=C(O)C(F)(F)F. The van der Waals surface area contributed by atoms with E-state index in [0.29, 0.717) is 31.6 Å². The molecular formula is C19H25F4N3O4. The van der Waals surface area contributed by atoms with E-state index in [2.05, 4.69) is 5.32 Å². The lowest BCUT2D eigenvalue weighted by Crippen LogP contribution is -2.47. The standard InChI is InChI=1S/C17H24FN3O2.C2HF3O2/c1-13(2)21(17(23)14-3-5-15(18)6-4-14)10-7-16(22)20-11-8-19-9-12-20;3-2(4,5)1(6)7/h3-6,13,19H,7-12H2,1-2H3;(H,6,7). The molecule has 1 fully saturated rings. The van der Waals surface area contributed by atoms with E-state index in [9.17, 15) is 27.2 Å². The van der Waals surface area contributed by atoms with Gasteiger partial charge in [-0.1, -0.05) is 0 Å². The number of hydrogen-bond donors (Lipinski definition) is 2. The van der Waals surface area contributed by atoms with Crippen LogP contribution in [0.2, 0.25) is 0 Å². The smallest absolute Gasteiger partial charge is 0.475 e. The van der Waals surface area contributed by atoms with Gasteiger partial charge < -0.3 is 20.2 Å². The van der Waals surface area contributed by atoms with Crippen molar-refractivity contribution >= 4 is 17.8 Å². The number of carbonyl (C=O) groups excluding carboxylic acids is 2. The molecule has 1 aliphatic rings. The number of benzene rings is 1. The summed E-state index contributed by atoms with van der Waals surface area (Å²) in [5.41, 5.74) is 0.440. The van der Waals surface area contributed by atoms with E-state index in [1.807, 2.05) is 18.7 Å². The van der Waals surface area contributed by atoms with Gasteiger partial charge in [-0.15, -0.1) is 0 Å². The van der Waals surface area contributed by atoms with Crippen LogP contribution in [0.1, 0.15) is 30.6 Å². The highest BCUT2D eigenvalue weighted by Gasteiger charge is 2.38. The Hall–Kier alpha value is -2.69. The van der Waals surface area contributed by atoms with Crippen LogP contribution in [-0.2, 0) is 9.59 Å². The van der Waals surface area contributed by atoms with Crippen molar-refractivity contribution in [3.05, 3.63) is 35.6 Å². The molecule has 0 saturated carbocycles. The molecule has 1 saturated heterocycles. The number of alkyl halides is 3. The Balaban J connectivity index is 0.000000553. The third-order valence-corrected chi connectivity index (χ3v) is 4.25. The summed E-state index contributed by atoms with van der Waals surface area (Å²) in [6, 6.07) is 5.48. The van der Waals surface area contributed by atoms with Crippen LogP contribution >= 0.6 is 0 Å². The molecule has 11 heteroatoms. The van der Waals surface area contributed by atoms with Gasteiger partial charge in [0.15, 0.2) is 0 Å². The summed E-state index contributed by atoms with van der Waals surface area (Å²) in [6.45, 7) is 7.26. The summed E-state index contributed by atoms with van der Waals surface area (Å²) in [4.78, 5) is 37.2. The maximum absolute atomic E-state index is 13.0. The molecule has 0 unspecified atom stereocenters. The number of nitrogens with zero attached hydrogens (tertiary/aromatic N) is 2. The van der Waals surface area contributed by atoms with Crippen molar-refractivity contribution in [1.82, 2.24) is 15.1 Å². The van der Waals surface area contributed by atoms with Gasteiger partial charge in [-0.25, -0.2) is 9.18 Å². The highest BCUT2D eigenvalue weighted by Crippen LogP contribution is 2.13. The molecule has 0 bridgehead atoms. The number of halogens is 4. The van der Waals surface area contributed by atoms with E-state index in [4.69, 9.17) is 9.90 Å². The van der Waals surface area contributed by atoms with Crippen molar-refractivity contribution in [2.75, 3.05) is 32.7 Å². The molecule has 1 aromatic carbocycles. The van der Waals surface area contributed by atoms with Crippen LogP contribution in [0.15, 0.2) is 24.3 Å². The largest absolute Gasteiger partial charge is 0.490 e. The highest BCUT2D eigenvalue weighted by atomic mass is 19.4. The molecule has 30 heavy (non-hydrogen) atoms. The summed E-state index contributed by atoms with van der Waals surface area (Å²) in [5, 5.41) is 10.3. The Kier molecular flexibility index (Phi) is 9.70. The number of piperazine rings is 1. The second kappa shape index (κ2) is 11.5. The molecule has 0 spiro atoms. The van der Waals surface area contributed by atoms with Crippen molar-refractivity contribution in [2.24, 2.45) is 0 Å². The average Bonchev–Trinajstić information content (AvgIpc) is 2.68. The maximum atomic E-state index is 13.0. The second-order valence-electron chi connectivity index (χ2n) is 6.78. The van der Waals surface area contributed by atoms with Crippen LogP contribution in [0.25, 0.3) is 0 Å². The van der Waals surface area contributed by atoms with Crippen molar-refractivity contribution in [3.8, 4) is 0 Å². The topological polar surface area (TPSA) is 90.0 Å². The number of aliphatic carboxylic acids is 1. The Labute approximate surface area is 171 Å². The van der Waals surface area contributed by atoms with Crippen LogP contribution in [0.3, 0.4) is 0 Å². The molecule has 2 rings (SSSR count). The maximum Gasteiger partial charge on any atom is 0.490 e. The normalized spacial score (nSPS) is 14.0. The van der Waals surface area contributed by atoms with Gasteiger partial charge in [0, 0.05) is 50.7 Å². The lowest BCUT2D eigenvalue weighted by molar-refractivity contribution is -0.192. The minimum atomic E-state index is -5.08. The van der Waals surface area contributed by atoms with Crippen molar-refractivity contribution in [1.29, 1.82) is 0 Å². The number of rotatable bonds is 5. The van der Waals surface area contributed by atoms with Gasteiger partial charge in [0.1, 0.15) is 5.82 Å². The Morgan fingerprint density at radius 3 is 2.07 bits per heavy atom. The van der Waals surface area contributed by atoms with E-state index >= 15 is 0 Å². The van der Waals surface area contributed by atoms with Gasteiger partial charge in [-0.2, -0.15) is 13.2 Å². The lowest BCUT2D eigenvalue weighted by atomic mass is 10.1. The van der Waals surface area contributed by atoms with Crippen LogP contribution in [-0.4, -0.2) is 77.6 Å². The summed E-state index contributed by atoms with van der Waals surface area (Å²) in [6.07, 6.45) is -4.77. The molecule has 2 N–H and O–H groups in total. The molecule has 7 nitrogen and oxygen atoms in total. The first-order valence-electron chi connectivity index (χ1n) is 9.28. The third kappa shape index (κ3) is 8.36. The monoisotopic (exact) mass is 435 g/mol. The van der Waals surface area contributed by atoms with Gasteiger partial charge in [0.2, 0.25) is 5.91 Å². The molecule has 0 aliphatic carbocycles. The van der Waals surface area contributed by atoms with Crippen LogP contribution in [0, 0.1) is 5.82 Å². The molecule has 2 amide bonds. The molecule has 0 atom stereocenters. The van der Waals surface area contributed by atoms with Crippen molar-refractivity contribution in [3.63, 3.8) is 0 Å². The van der Waals surface area contributed by atoms with Crippen LogP contribution < -0.4 is 5.32 Å². The number of carboxylic acids is 1. The van der Waals surface area contributed by atoms with Crippen LogP contribution in [0.4, 0.5) is 17.6 Å². The van der Waals surface area contributed by atoms with E-state index in [1.165, 1.54) is 24.3 Å². The Morgan fingerprint density at radius 1 is 1.13 bits per heavy atom. The van der Waals surface area contributed by atoms with E-state index in [-0.39, 0.29) is 23.7 Å². The van der Waals surface area contributed by atoms with E-state index in [0.717, 1.165) is 13.1 Å². The number of carboxylic acid groups (broad SMARTS) is 1. The summed E-state index contributed by atoms with van der Waals surface area (Å²) < 4.78 is 44.7. The summed E-state index contributed by atoms with van der Waals surface area (Å²) in [5.74, 6) is -3.23. The first-order chi connectivity index (χ1) is 13.9. The molecule has 1 aliphatic heterocycles. The summed E-state index contributed by atoms with van der Waals surface area (Å²) in [7, 11) is 0. The molecule has 1 aromatic rings. The van der Waals surface area contributed by atoms with E-state index < -0.39 is 12.1 Å². The Bertz CT molecular complexity index is 717. The number of amides is 2. The fourth-order valence-corrected chi connectivity index (χ4v) is 2.64. The second-order valence-corrected chi connectivity index (χ2v) is 6.78. The molecule has 168 valence electrons. The first-order valence-corrected chi connectivity index (χ1v) is 9.28. The highest BCUT2D eigenvalue weighted by molar-refractivity contribution is 5.94. The van der Waals surface area contributed by atoms with Crippen LogP contribution in [0.5, 0.6) is 0 Å². The fourth-order valence-electron chi connectivity index (χ4n) is 2.64. The average molecular weight is 435 g/mol.